The minimum atomic E-state index is 0.0208. The first-order valence-corrected chi connectivity index (χ1v) is 11.2. The molecule has 6 heteroatoms. The normalized spacial score (nSPS) is 18.7. The van der Waals surface area contributed by atoms with Crippen molar-refractivity contribution >= 4 is 11.8 Å². The summed E-state index contributed by atoms with van der Waals surface area (Å²) >= 11 is 0. The summed E-state index contributed by atoms with van der Waals surface area (Å²) in [4.78, 5) is 32.6. The molecule has 2 saturated heterocycles. The maximum absolute atomic E-state index is 12.6. The highest BCUT2D eigenvalue weighted by Crippen LogP contribution is 2.27. The van der Waals surface area contributed by atoms with Crippen LogP contribution in [0.2, 0.25) is 0 Å². The van der Waals surface area contributed by atoms with E-state index < -0.39 is 0 Å². The standard InChI is InChI=1S/C25H31N3O3/c1-19-14-21(15-20-6-3-2-4-7-20)16-23(26-19)22-9-11-28(17-22)25(30)18-31-13-12-27-10-5-8-24(27)29/h2-4,6-7,14,16,22H,5,8-13,15,17-18H2,1H3/t22-/m0/s1. The van der Waals surface area contributed by atoms with Crippen molar-refractivity contribution in [3.05, 3.63) is 65.0 Å². The van der Waals surface area contributed by atoms with E-state index >= 15 is 0 Å². The van der Waals surface area contributed by atoms with Crippen LogP contribution in [0.4, 0.5) is 0 Å². The number of benzene rings is 1. The Morgan fingerprint density at radius 2 is 2.00 bits per heavy atom. The van der Waals surface area contributed by atoms with Crippen molar-refractivity contribution in [3.8, 4) is 0 Å². The Morgan fingerprint density at radius 1 is 1.16 bits per heavy atom. The Bertz CT molecular complexity index is 915. The van der Waals surface area contributed by atoms with Gasteiger partial charge in [0.1, 0.15) is 6.61 Å². The zero-order valence-electron chi connectivity index (χ0n) is 18.3. The van der Waals surface area contributed by atoms with Gasteiger partial charge in [-0.15, -0.1) is 0 Å². The molecule has 0 unspecified atom stereocenters. The molecule has 0 spiro atoms. The van der Waals surface area contributed by atoms with Gasteiger partial charge in [-0.05, 0) is 49.4 Å². The fourth-order valence-electron chi connectivity index (χ4n) is 4.51. The molecule has 164 valence electrons. The van der Waals surface area contributed by atoms with Crippen LogP contribution in [0.5, 0.6) is 0 Å². The lowest BCUT2D eigenvalue weighted by Gasteiger charge is -2.18. The molecule has 4 rings (SSSR count). The van der Waals surface area contributed by atoms with Gasteiger partial charge in [0.2, 0.25) is 11.8 Å². The van der Waals surface area contributed by atoms with Crippen LogP contribution in [0.3, 0.4) is 0 Å². The monoisotopic (exact) mass is 421 g/mol. The number of pyridine rings is 1. The highest BCUT2D eigenvalue weighted by atomic mass is 16.5. The van der Waals surface area contributed by atoms with E-state index in [-0.39, 0.29) is 24.3 Å². The third-order valence-electron chi connectivity index (χ3n) is 6.15. The molecule has 1 aromatic carbocycles. The topological polar surface area (TPSA) is 62.7 Å². The average Bonchev–Trinajstić information content (AvgIpc) is 3.41. The predicted molar refractivity (Wildman–Crippen MR) is 119 cm³/mol. The minimum absolute atomic E-state index is 0.0208. The van der Waals surface area contributed by atoms with Crippen molar-refractivity contribution in [1.82, 2.24) is 14.8 Å². The second-order valence-electron chi connectivity index (χ2n) is 8.57. The van der Waals surface area contributed by atoms with E-state index in [2.05, 4.69) is 36.4 Å². The molecule has 1 atom stereocenters. The number of likely N-dealkylation sites (tertiary alicyclic amines) is 2. The van der Waals surface area contributed by atoms with E-state index in [9.17, 15) is 9.59 Å². The van der Waals surface area contributed by atoms with Crippen molar-refractivity contribution < 1.29 is 14.3 Å². The van der Waals surface area contributed by atoms with E-state index in [0.29, 0.717) is 26.1 Å². The van der Waals surface area contributed by atoms with Crippen LogP contribution in [-0.2, 0) is 20.7 Å². The van der Waals surface area contributed by atoms with E-state index in [1.807, 2.05) is 22.8 Å². The van der Waals surface area contributed by atoms with Crippen LogP contribution >= 0.6 is 0 Å². The molecule has 2 aliphatic heterocycles. The summed E-state index contributed by atoms with van der Waals surface area (Å²) in [5.41, 5.74) is 4.65. The van der Waals surface area contributed by atoms with Crippen molar-refractivity contribution in [2.45, 2.75) is 38.5 Å². The van der Waals surface area contributed by atoms with Gasteiger partial charge in [0.15, 0.2) is 0 Å². The third-order valence-corrected chi connectivity index (χ3v) is 6.15. The predicted octanol–water partition coefficient (Wildman–Crippen LogP) is 2.94. The Morgan fingerprint density at radius 3 is 2.77 bits per heavy atom. The van der Waals surface area contributed by atoms with E-state index in [0.717, 1.165) is 43.7 Å². The van der Waals surface area contributed by atoms with Gasteiger partial charge in [-0.1, -0.05) is 30.3 Å². The highest BCUT2D eigenvalue weighted by Gasteiger charge is 2.28. The lowest BCUT2D eigenvalue weighted by Crippen LogP contribution is -2.34. The number of ether oxygens (including phenoxy) is 1. The summed E-state index contributed by atoms with van der Waals surface area (Å²) in [7, 11) is 0. The van der Waals surface area contributed by atoms with Crippen LogP contribution in [0, 0.1) is 6.92 Å². The van der Waals surface area contributed by atoms with E-state index in [1.165, 1.54) is 11.1 Å². The second-order valence-corrected chi connectivity index (χ2v) is 8.57. The van der Waals surface area contributed by atoms with Gasteiger partial charge in [-0.25, -0.2) is 0 Å². The Kier molecular flexibility index (Phi) is 6.97. The highest BCUT2D eigenvalue weighted by molar-refractivity contribution is 5.78. The number of carbonyl (C=O) groups is 2. The summed E-state index contributed by atoms with van der Waals surface area (Å²) in [6, 6.07) is 14.8. The number of rotatable bonds is 8. The summed E-state index contributed by atoms with van der Waals surface area (Å²) in [5, 5.41) is 0. The molecule has 0 N–H and O–H groups in total. The second kappa shape index (κ2) is 10.1. The number of hydrogen-bond donors (Lipinski definition) is 0. The number of aromatic nitrogens is 1. The Balaban J connectivity index is 1.28. The minimum Gasteiger partial charge on any atom is -0.370 e. The summed E-state index contributed by atoms with van der Waals surface area (Å²) in [5.74, 6) is 0.475. The van der Waals surface area contributed by atoms with Gasteiger partial charge < -0.3 is 14.5 Å². The number of nitrogens with zero attached hydrogens (tertiary/aromatic N) is 3. The lowest BCUT2D eigenvalue weighted by molar-refractivity contribution is -0.135. The quantitative estimate of drug-likeness (QED) is 0.615. The van der Waals surface area contributed by atoms with Gasteiger partial charge in [0, 0.05) is 49.9 Å². The zero-order valence-corrected chi connectivity index (χ0v) is 18.3. The molecule has 6 nitrogen and oxygen atoms in total. The fourth-order valence-corrected chi connectivity index (χ4v) is 4.51. The smallest absolute Gasteiger partial charge is 0.248 e. The molecule has 2 aromatic rings. The molecule has 2 fully saturated rings. The first-order chi connectivity index (χ1) is 15.1. The third kappa shape index (κ3) is 5.70. The first-order valence-electron chi connectivity index (χ1n) is 11.2. The first kappa shape index (κ1) is 21.5. The van der Waals surface area contributed by atoms with Crippen LogP contribution in [0.15, 0.2) is 42.5 Å². The van der Waals surface area contributed by atoms with Crippen molar-refractivity contribution in [2.75, 3.05) is 39.4 Å². The number of aryl methyl sites for hydroxylation is 1. The molecular formula is C25H31N3O3. The van der Waals surface area contributed by atoms with E-state index in [4.69, 9.17) is 9.72 Å². The molecule has 3 heterocycles. The van der Waals surface area contributed by atoms with Gasteiger partial charge >= 0.3 is 0 Å². The van der Waals surface area contributed by atoms with Crippen molar-refractivity contribution in [3.63, 3.8) is 0 Å². The van der Waals surface area contributed by atoms with Crippen molar-refractivity contribution in [2.24, 2.45) is 0 Å². The molecule has 0 saturated carbocycles. The largest absolute Gasteiger partial charge is 0.370 e. The molecule has 2 amide bonds. The van der Waals surface area contributed by atoms with Crippen LogP contribution < -0.4 is 0 Å². The number of carbonyl (C=O) groups excluding carboxylic acids is 2. The molecule has 31 heavy (non-hydrogen) atoms. The summed E-state index contributed by atoms with van der Waals surface area (Å²) in [6.07, 6.45) is 3.37. The number of amides is 2. The fraction of sp³-hybridized carbons (Fsp3) is 0.480. The molecule has 0 bridgehead atoms. The van der Waals surface area contributed by atoms with Crippen molar-refractivity contribution in [1.29, 1.82) is 0 Å². The molecule has 0 radical (unpaired) electrons. The van der Waals surface area contributed by atoms with Gasteiger partial charge in [0.25, 0.3) is 0 Å². The zero-order chi connectivity index (χ0) is 21.6. The van der Waals surface area contributed by atoms with Gasteiger partial charge in [-0.3, -0.25) is 14.6 Å². The maximum Gasteiger partial charge on any atom is 0.248 e. The van der Waals surface area contributed by atoms with Gasteiger partial charge in [0.05, 0.1) is 6.61 Å². The van der Waals surface area contributed by atoms with Gasteiger partial charge in [-0.2, -0.15) is 0 Å². The molecule has 0 aliphatic carbocycles. The molecule has 2 aliphatic rings. The summed E-state index contributed by atoms with van der Waals surface area (Å²) in [6.45, 7) is 5.34. The molecule has 1 aromatic heterocycles. The van der Waals surface area contributed by atoms with Crippen LogP contribution in [-0.4, -0.2) is 66.0 Å². The molecular weight excluding hydrogens is 390 g/mol. The van der Waals surface area contributed by atoms with Crippen LogP contribution in [0.1, 0.15) is 47.7 Å². The van der Waals surface area contributed by atoms with E-state index in [1.54, 1.807) is 0 Å². The van der Waals surface area contributed by atoms with Crippen LogP contribution in [0.25, 0.3) is 0 Å². The SMILES string of the molecule is Cc1cc(Cc2ccccc2)cc([C@H]2CCN(C(=O)COCCN3CCCC3=O)C2)n1. The average molecular weight is 422 g/mol. The lowest BCUT2D eigenvalue weighted by atomic mass is 9.98. The Labute approximate surface area is 184 Å². The maximum atomic E-state index is 12.6. The number of hydrogen-bond acceptors (Lipinski definition) is 4. The Hall–Kier alpha value is -2.73. The summed E-state index contributed by atoms with van der Waals surface area (Å²) < 4.78 is 5.56.